The summed E-state index contributed by atoms with van der Waals surface area (Å²) in [6.07, 6.45) is 31.0. The summed E-state index contributed by atoms with van der Waals surface area (Å²) in [5.41, 5.74) is 1.57. The van der Waals surface area contributed by atoms with Crippen LogP contribution in [-0.4, -0.2) is 18.5 Å². The van der Waals surface area contributed by atoms with E-state index in [-0.39, 0.29) is 22.3 Å². The Hall–Kier alpha value is 0.110. The maximum Gasteiger partial charge on any atom is -0.147 e. The second kappa shape index (κ2) is 24.2. The number of hydrogen-bond acceptors (Lipinski definition) is 0. The minimum absolute atomic E-state index is 0. The summed E-state index contributed by atoms with van der Waals surface area (Å²) < 4.78 is 0. The molecule has 0 aromatic heterocycles. The van der Waals surface area contributed by atoms with E-state index >= 15 is 0 Å². The van der Waals surface area contributed by atoms with E-state index in [9.17, 15) is 0 Å². The average Bonchev–Trinajstić information content (AvgIpc) is 2.86. The van der Waals surface area contributed by atoms with E-state index < -0.39 is 6.60 Å². The van der Waals surface area contributed by atoms with Gasteiger partial charge in [0.1, 0.15) is 0 Å². The van der Waals surface area contributed by atoms with Crippen LogP contribution in [0.25, 0.3) is 0 Å². The van der Waals surface area contributed by atoms with Crippen molar-refractivity contribution in [2.45, 2.75) is 143 Å². The Kier molecular flexibility index (Phi) is 25.7. The zero-order chi connectivity index (χ0) is 24.8. The molecule has 0 aliphatic heterocycles. The maximum absolute atomic E-state index is 4.64. The van der Waals surface area contributed by atoms with E-state index in [1.165, 1.54) is 140 Å². The van der Waals surface area contributed by atoms with Crippen molar-refractivity contribution in [3.05, 3.63) is 48.3 Å². The molecule has 0 saturated carbocycles. The predicted molar refractivity (Wildman–Crippen MR) is 180 cm³/mol. The van der Waals surface area contributed by atoms with Gasteiger partial charge in [-0.3, -0.25) is 0 Å². The average molecular weight is 559 g/mol. The summed E-state index contributed by atoms with van der Waals surface area (Å²) >= 11 is 0. The Balaban J connectivity index is 0. The van der Waals surface area contributed by atoms with Crippen molar-refractivity contribution in [1.29, 1.82) is 0 Å². The summed E-state index contributed by atoms with van der Waals surface area (Å²) in [6.45, 7) is 9.61. The number of rotatable bonds is 24. The van der Waals surface area contributed by atoms with E-state index in [2.05, 4.69) is 63.5 Å². The Morgan fingerprint density at radius 1 is 0.556 bits per heavy atom. The summed E-state index contributed by atoms with van der Waals surface area (Å²) in [5, 5.41) is 0. The Morgan fingerprint density at radius 2 is 0.889 bits per heavy atom. The molecule has 0 heterocycles. The van der Waals surface area contributed by atoms with Crippen molar-refractivity contribution in [3.8, 4) is 0 Å². The zero-order valence-corrected chi connectivity index (χ0v) is 27.9. The van der Waals surface area contributed by atoms with E-state index in [4.69, 9.17) is 0 Å². The van der Waals surface area contributed by atoms with Crippen LogP contribution in [0.2, 0.25) is 0 Å². The molecule has 0 fully saturated rings. The molecule has 0 bridgehead atoms. The van der Waals surface area contributed by atoms with Crippen molar-refractivity contribution >= 4 is 28.9 Å². The molecule has 1 aromatic carbocycles. The molecule has 0 saturated heterocycles. The van der Waals surface area contributed by atoms with Gasteiger partial charge in [-0.1, -0.05) is 0 Å². The summed E-state index contributed by atoms with van der Waals surface area (Å²) in [4.78, 5) is 0. The van der Waals surface area contributed by atoms with Gasteiger partial charge in [0.2, 0.25) is 0 Å². The van der Waals surface area contributed by atoms with Crippen LogP contribution in [0.15, 0.2) is 42.7 Å². The minimum Gasteiger partial charge on any atom is -0.153 e. The van der Waals surface area contributed by atoms with Crippen LogP contribution in [0.4, 0.5) is 0 Å². The van der Waals surface area contributed by atoms with Gasteiger partial charge >= 0.3 is 216 Å². The van der Waals surface area contributed by atoms with Crippen molar-refractivity contribution in [1.82, 2.24) is 0 Å². The molecule has 1 aromatic rings. The largest absolute Gasteiger partial charge is 0.153 e. The second-order valence-electron chi connectivity index (χ2n) is 11.4. The molecule has 1 rings (SSSR count). The molecule has 0 aliphatic rings. The monoisotopic (exact) mass is 558 g/mol. The van der Waals surface area contributed by atoms with Gasteiger partial charge < -0.3 is 0 Å². The van der Waals surface area contributed by atoms with Crippen LogP contribution < -0.4 is 0 Å². The first-order valence-corrected chi connectivity index (χ1v) is 18.4. The van der Waals surface area contributed by atoms with Crippen LogP contribution in [0, 0.1) is 0 Å². The third-order valence-corrected chi connectivity index (χ3v) is 15.1. The molecular weight excluding hydrogens is 494 g/mol. The van der Waals surface area contributed by atoms with Crippen LogP contribution in [-0.2, 0) is 6.16 Å². The van der Waals surface area contributed by atoms with Crippen molar-refractivity contribution in [2.24, 2.45) is 0 Å². The van der Waals surface area contributed by atoms with Gasteiger partial charge in [0.15, 0.2) is 0 Å². The molecule has 0 spiro atoms. The van der Waals surface area contributed by atoms with Crippen LogP contribution in [0.1, 0.15) is 142 Å². The first-order chi connectivity index (χ1) is 16.6. The molecule has 0 radical (unpaired) electrons. The van der Waals surface area contributed by atoms with Crippen molar-refractivity contribution in [3.63, 3.8) is 0 Å². The zero-order valence-electron chi connectivity index (χ0n) is 24.8. The molecule has 0 aliphatic carbocycles. The maximum atomic E-state index is 4.64. The number of halogens is 1. The van der Waals surface area contributed by atoms with Gasteiger partial charge in [0.25, 0.3) is 0 Å². The molecule has 1 unspecified atom stereocenters. The van der Waals surface area contributed by atoms with Gasteiger partial charge in [-0.05, 0) is 0 Å². The van der Waals surface area contributed by atoms with Gasteiger partial charge in [-0.15, -0.1) is 12.4 Å². The van der Waals surface area contributed by atoms with E-state index in [0.717, 1.165) is 0 Å². The normalized spacial score (nSPS) is 12.2. The molecule has 0 amide bonds. The topological polar surface area (TPSA) is 0 Å². The van der Waals surface area contributed by atoms with Crippen LogP contribution in [0.5, 0.6) is 0 Å². The van der Waals surface area contributed by atoms with Gasteiger partial charge in [-0.2, -0.15) is 9.90 Å². The Labute approximate surface area is 237 Å². The second-order valence-corrected chi connectivity index (χ2v) is 17.5. The molecule has 36 heavy (non-hydrogen) atoms. The predicted octanol–water partition coefficient (Wildman–Crippen LogP) is 12.4. The SMILES string of the molecule is C=CP(CCCCCCCC)(CCCCCCCC)(CCCCCCCC)Cc1ccccc1.Cl.P. The fourth-order valence-electron chi connectivity index (χ4n) is 5.94. The molecule has 1 atom stereocenters. The van der Waals surface area contributed by atoms with E-state index in [0.29, 0.717) is 0 Å². The Morgan fingerprint density at radius 3 is 1.22 bits per heavy atom. The third-order valence-electron chi connectivity index (χ3n) is 8.31. The molecule has 0 nitrogen and oxygen atoms in total. The Bertz CT molecular complexity index is 557. The van der Waals surface area contributed by atoms with Crippen LogP contribution in [0.3, 0.4) is 0 Å². The van der Waals surface area contributed by atoms with E-state index in [1.54, 1.807) is 5.56 Å². The smallest absolute Gasteiger partial charge is 0.147 e. The molecule has 3 heteroatoms. The number of unbranched alkanes of at least 4 members (excludes halogenated alkanes) is 15. The van der Waals surface area contributed by atoms with Gasteiger partial charge in [0, 0.05) is 0 Å². The fraction of sp³-hybridized carbons (Fsp3) is 0.758. The summed E-state index contributed by atoms with van der Waals surface area (Å²) in [5.74, 6) is 2.60. The fourth-order valence-corrected chi connectivity index (χ4v) is 12.2. The molecule has 0 N–H and O–H groups in total. The number of benzene rings is 1. The first kappa shape index (κ1) is 38.3. The number of hydrogen-bond donors (Lipinski definition) is 0. The minimum atomic E-state index is -2.00. The third kappa shape index (κ3) is 16.2. The van der Waals surface area contributed by atoms with Crippen molar-refractivity contribution < 1.29 is 0 Å². The summed E-state index contributed by atoms with van der Waals surface area (Å²) in [6, 6.07) is 11.5. The molecule has 214 valence electrons. The van der Waals surface area contributed by atoms with Crippen molar-refractivity contribution in [2.75, 3.05) is 18.5 Å². The summed E-state index contributed by atoms with van der Waals surface area (Å²) in [7, 11) is 0. The van der Waals surface area contributed by atoms with Crippen LogP contribution >= 0.6 is 28.9 Å². The van der Waals surface area contributed by atoms with Gasteiger partial charge in [0.05, 0.1) is 0 Å². The quantitative estimate of drug-likeness (QED) is 0.0873. The van der Waals surface area contributed by atoms with E-state index in [1.807, 2.05) is 0 Å². The molecular formula is C33H65ClP2. The van der Waals surface area contributed by atoms with Gasteiger partial charge in [-0.25, -0.2) is 0 Å². The standard InChI is InChI=1S/C33H61P.ClH.H3P/c1-5-9-12-15-18-24-29-34(8-4,30-25-19-16-13-10-6-2,31-26-20-17-14-11-7-3)32-33-27-22-21-23-28-33;;/h8,21-23,27-28H,4-7,9-20,24-26,29-32H2,1-3H3;1H;1H3. The first-order valence-electron chi connectivity index (χ1n) is 15.3.